The number of hydrogen-bond acceptors (Lipinski definition) is 7. The summed E-state index contributed by atoms with van der Waals surface area (Å²) in [6, 6.07) is 0. The zero-order chi connectivity index (χ0) is 11.6. The van der Waals surface area contributed by atoms with E-state index in [1.165, 1.54) is 11.8 Å². The molecule has 90 valence electrons. The topological polar surface area (TPSA) is 104 Å². The molecule has 7 nitrogen and oxygen atoms in total. The highest BCUT2D eigenvalue weighted by atomic mass is 32.2. The maximum absolute atomic E-state index is 11.3. The molecule has 2 N–H and O–H groups in total. The fourth-order valence-electron chi connectivity index (χ4n) is 1.55. The van der Waals surface area contributed by atoms with Crippen LogP contribution in [0, 0.1) is 0 Å². The lowest BCUT2D eigenvalue weighted by atomic mass is 10.4. The molecule has 1 aromatic heterocycles. The van der Waals surface area contributed by atoms with E-state index in [-0.39, 0.29) is 16.8 Å². The minimum absolute atomic E-state index is 0.0625. The van der Waals surface area contributed by atoms with E-state index in [2.05, 4.69) is 15.5 Å². The maximum atomic E-state index is 11.3. The van der Waals surface area contributed by atoms with Crippen molar-refractivity contribution in [1.82, 2.24) is 20.2 Å². The van der Waals surface area contributed by atoms with E-state index in [4.69, 9.17) is 5.73 Å². The van der Waals surface area contributed by atoms with Gasteiger partial charge in [0.1, 0.15) is 0 Å². The van der Waals surface area contributed by atoms with Gasteiger partial charge in [0.15, 0.2) is 9.84 Å². The summed E-state index contributed by atoms with van der Waals surface area (Å²) in [5.74, 6) is 0.482. The monoisotopic (exact) mass is 263 g/mol. The molecule has 1 saturated heterocycles. The third kappa shape index (κ3) is 2.71. The quantitative estimate of drug-likeness (QED) is 0.736. The van der Waals surface area contributed by atoms with Crippen molar-refractivity contribution in [1.29, 1.82) is 0 Å². The van der Waals surface area contributed by atoms with E-state index in [0.29, 0.717) is 24.7 Å². The molecule has 16 heavy (non-hydrogen) atoms. The second-order valence-electron chi connectivity index (χ2n) is 3.62. The van der Waals surface area contributed by atoms with Gasteiger partial charge in [-0.05, 0) is 16.8 Å². The molecule has 1 aromatic rings. The van der Waals surface area contributed by atoms with Crippen molar-refractivity contribution in [3.63, 3.8) is 0 Å². The summed E-state index contributed by atoms with van der Waals surface area (Å²) in [6.07, 6.45) is 0.669. The Morgan fingerprint density at radius 1 is 1.56 bits per heavy atom. The molecule has 9 heteroatoms. The van der Waals surface area contributed by atoms with Gasteiger partial charge in [0, 0.05) is 11.8 Å². The molecular weight excluding hydrogens is 250 g/mol. The van der Waals surface area contributed by atoms with Gasteiger partial charge in [0.05, 0.1) is 18.1 Å². The predicted molar refractivity (Wildman–Crippen MR) is 59.8 cm³/mol. The Bertz CT molecular complexity index is 457. The van der Waals surface area contributed by atoms with Crippen LogP contribution in [0.4, 0.5) is 0 Å². The van der Waals surface area contributed by atoms with E-state index >= 15 is 0 Å². The first-order chi connectivity index (χ1) is 7.61. The number of thioether (sulfide) groups is 1. The van der Waals surface area contributed by atoms with Crippen LogP contribution in [0.2, 0.25) is 0 Å². The zero-order valence-corrected chi connectivity index (χ0v) is 10.2. The summed E-state index contributed by atoms with van der Waals surface area (Å²) in [5, 5.41) is 11.9. The van der Waals surface area contributed by atoms with Crippen molar-refractivity contribution in [2.24, 2.45) is 5.73 Å². The smallest absolute Gasteiger partial charge is 0.209 e. The van der Waals surface area contributed by atoms with E-state index in [9.17, 15) is 8.42 Å². The van der Waals surface area contributed by atoms with Crippen molar-refractivity contribution >= 4 is 21.6 Å². The lowest BCUT2D eigenvalue weighted by Crippen LogP contribution is -2.14. The zero-order valence-electron chi connectivity index (χ0n) is 8.61. The summed E-state index contributed by atoms with van der Waals surface area (Å²) in [5.41, 5.74) is 5.42. The van der Waals surface area contributed by atoms with Crippen molar-refractivity contribution in [2.75, 3.05) is 18.1 Å². The molecule has 0 saturated carbocycles. The first-order valence-electron chi connectivity index (χ1n) is 4.94. The fraction of sp³-hybridized carbons (Fsp3) is 0.857. The van der Waals surface area contributed by atoms with Crippen LogP contribution in [0.25, 0.3) is 0 Å². The Morgan fingerprint density at radius 2 is 2.38 bits per heavy atom. The summed E-state index contributed by atoms with van der Waals surface area (Å²) in [6.45, 7) is 1.01. The van der Waals surface area contributed by atoms with Gasteiger partial charge >= 0.3 is 0 Å². The van der Waals surface area contributed by atoms with Gasteiger partial charge in [-0.2, -0.15) is 0 Å². The third-order valence-electron chi connectivity index (χ3n) is 2.30. The van der Waals surface area contributed by atoms with Gasteiger partial charge in [-0.3, -0.25) is 0 Å². The normalized spacial score (nSPS) is 23.7. The second kappa shape index (κ2) is 4.68. The van der Waals surface area contributed by atoms with Crippen molar-refractivity contribution in [3.8, 4) is 0 Å². The van der Waals surface area contributed by atoms with Gasteiger partial charge in [-0.15, -0.1) is 5.10 Å². The minimum Gasteiger partial charge on any atom is -0.329 e. The lowest BCUT2D eigenvalue weighted by Gasteiger charge is -2.06. The molecule has 0 aliphatic carbocycles. The van der Waals surface area contributed by atoms with Gasteiger partial charge in [-0.1, -0.05) is 11.8 Å². The van der Waals surface area contributed by atoms with Crippen molar-refractivity contribution < 1.29 is 8.42 Å². The molecule has 0 amide bonds. The molecule has 2 heterocycles. The summed E-state index contributed by atoms with van der Waals surface area (Å²) in [7, 11) is -2.85. The van der Waals surface area contributed by atoms with Crippen LogP contribution in [0.1, 0.15) is 6.42 Å². The lowest BCUT2D eigenvalue weighted by molar-refractivity contribution is 0.556. The summed E-state index contributed by atoms with van der Waals surface area (Å²) in [4.78, 5) is 0. The van der Waals surface area contributed by atoms with Gasteiger partial charge in [0.25, 0.3) is 0 Å². The molecule has 2 rings (SSSR count). The van der Waals surface area contributed by atoms with Crippen LogP contribution in [-0.2, 0) is 16.4 Å². The molecule has 1 fully saturated rings. The predicted octanol–water partition coefficient (Wildman–Crippen LogP) is -1.09. The molecule has 0 radical (unpaired) electrons. The number of rotatable bonds is 4. The Labute approximate surface area is 97.7 Å². The number of nitrogens with two attached hydrogens (primary N) is 1. The Balaban J connectivity index is 2.02. The summed E-state index contributed by atoms with van der Waals surface area (Å²) >= 11 is 1.42. The number of tetrazole rings is 1. The Hall–Kier alpha value is -0.670. The molecular formula is C7H13N5O2S2. The standard InChI is InChI=1S/C7H13N5O2S2/c8-2-3-12-7(9-10-11-12)15-6-1-4-16(13,14)5-6/h6H,1-5,8H2. The Morgan fingerprint density at radius 3 is 3.00 bits per heavy atom. The average Bonchev–Trinajstić information content (AvgIpc) is 2.76. The van der Waals surface area contributed by atoms with E-state index in [0.717, 1.165) is 0 Å². The van der Waals surface area contributed by atoms with Crippen LogP contribution in [0.5, 0.6) is 0 Å². The highest BCUT2D eigenvalue weighted by Gasteiger charge is 2.29. The first kappa shape index (κ1) is 11.8. The summed E-state index contributed by atoms with van der Waals surface area (Å²) < 4.78 is 24.2. The third-order valence-corrected chi connectivity index (χ3v) is 5.52. The van der Waals surface area contributed by atoms with Crippen LogP contribution in [-0.4, -0.2) is 51.9 Å². The number of aromatic nitrogens is 4. The van der Waals surface area contributed by atoms with Gasteiger partial charge in [0.2, 0.25) is 5.16 Å². The Kier molecular flexibility index (Phi) is 3.45. The molecule has 1 aliphatic rings. The SMILES string of the molecule is NCCn1nnnc1SC1CCS(=O)(=O)C1. The number of hydrogen-bond donors (Lipinski definition) is 1. The van der Waals surface area contributed by atoms with Crippen molar-refractivity contribution in [3.05, 3.63) is 0 Å². The molecule has 1 aliphatic heterocycles. The van der Waals surface area contributed by atoms with Crippen molar-refractivity contribution in [2.45, 2.75) is 23.4 Å². The van der Waals surface area contributed by atoms with E-state index < -0.39 is 9.84 Å². The van der Waals surface area contributed by atoms with E-state index in [1.807, 2.05) is 0 Å². The molecule has 0 spiro atoms. The second-order valence-corrected chi connectivity index (χ2v) is 7.11. The molecule has 1 atom stereocenters. The molecule has 0 bridgehead atoms. The number of nitrogens with zero attached hydrogens (tertiary/aromatic N) is 4. The highest BCUT2D eigenvalue weighted by molar-refractivity contribution is 8.01. The molecule has 1 unspecified atom stereocenters. The first-order valence-corrected chi connectivity index (χ1v) is 7.64. The fourth-order valence-corrected chi connectivity index (χ4v) is 5.00. The minimum atomic E-state index is -2.85. The highest BCUT2D eigenvalue weighted by Crippen LogP contribution is 2.28. The van der Waals surface area contributed by atoms with Crippen LogP contribution >= 0.6 is 11.8 Å². The van der Waals surface area contributed by atoms with Crippen LogP contribution in [0.3, 0.4) is 0 Å². The van der Waals surface area contributed by atoms with Crippen LogP contribution in [0.15, 0.2) is 5.16 Å². The number of sulfone groups is 1. The molecule has 0 aromatic carbocycles. The van der Waals surface area contributed by atoms with E-state index in [1.54, 1.807) is 4.68 Å². The largest absolute Gasteiger partial charge is 0.329 e. The van der Waals surface area contributed by atoms with Crippen LogP contribution < -0.4 is 5.73 Å². The van der Waals surface area contributed by atoms with Gasteiger partial charge in [-0.25, -0.2) is 13.1 Å². The van der Waals surface area contributed by atoms with Gasteiger partial charge < -0.3 is 5.73 Å². The maximum Gasteiger partial charge on any atom is 0.209 e. The average molecular weight is 263 g/mol.